The summed E-state index contributed by atoms with van der Waals surface area (Å²) < 4.78 is 15.2. The summed E-state index contributed by atoms with van der Waals surface area (Å²) >= 11 is 0. The second kappa shape index (κ2) is 3.35. The Morgan fingerprint density at radius 2 is 1.82 bits per heavy atom. The summed E-state index contributed by atoms with van der Waals surface area (Å²) in [5, 5.41) is 0.847. The second-order valence-corrected chi connectivity index (χ2v) is 3.74. The molecule has 0 unspecified atom stereocenters. The maximum atomic E-state index is 11.6. The number of hydrogen-bond acceptors (Lipinski definition) is 5. The molecule has 5 nitrogen and oxygen atoms in total. The molecule has 0 bridgehead atoms. The van der Waals surface area contributed by atoms with Crippen molar-refractivity contribution in [2.75, 3.05) is 6.79 Å². The van der Waals surface area contributed by atoms with Gasteiger partial charge in [-0.1, -0.05) is 0 Å². The van der Waals surface area contributed by atoms with Gasteiger partial charge >= 0.3 is 5.63 Å². The van der Waals surface area contributed by atoms with E-state index < -0.39 is 5.63 Å². The highest BCUT2D eigenvalue weighted by Crippen LogP contribution is 2.36. The Hall–Kier alpha value is -2.30. The number of fused-ring (bicyclic) bond motifs is 2. The van der Waals surface area contributed by atoms with E-state index in [1.165, 1.54) is 19.3 Å². The van der Waals surface area contributed by atoms with Crippen LogP contribution in [0.4, 0.5) is 0 Å². The van der Waals surface area contributed by atoms with Crippen molar-refractivity contribution >= 4 is 16.6 Å². The summed E-state index contributed by atoms with van der Waals surface area (Å²) in [5.74, 6) is 0.855. The van der Waals surface area contributed by atoms with Crippen LogP contribution in [0, 0.1) is 0 Å². The van der Waals surface area contributed by atoms with E-state index in [1.54, 1.807) is 6.07 Å². The topological polar surface area (TPSA) is 65.7 Å². The van der Waals surface area contributed by atoms with E-state index in [4.69, 9.17) is 13.9 Å². The number of benzene rings is 1. The van der Waals surface area contributed by atoms with Gasteiger partial charge in [-0.05, 0) is 19.1 Å². The molecule has 17 heavy (non-hydrogen) atoms. The number of Topliss-reactive ketones (excluding diaryl/α,β-unsaturated/α-hetero) is 1. The number of ether oxygens (including phenoxy) is 2. The van der Waals surface area contributed by atoms with Crippen molar-refractivity contribution in [3.8, 4) is 11.5 Å². The van der Waals surface area contributed by atoms with E-state index in [0.717, 1.165) is 0 Å². The van der Waals surface area contributed by atoms with Gasteiger partial charge in [0, 0.05) is 5.39 Å². The summed E-state index contributed by atoms with van der Waals surface area (Å²) in [6.07, 6.45) is 1.18. The van der Waals surface area contributed by atoms with Crippen LogP contribution in [0.1, 0.15) is 17.3 Å². The highest BCUT2D eigenvalue weighted by atomic mass is 16.7. The van der Waals surface area contributed by atoms with Crippen LogP contribution in [-0.4, -0.2) is 12.6 Å². The lowest BCUT2D eigenvalue weighted by molar-refractivity contribution is 0.101. The van der Waals surface area contributed by atoms with E-state index >= 15 is 0 Å². The van der Waals surface area contributed by atoms with E-state index in [0.29, 0.717) is 27.8 Å². The summed E-state index contributed by atoms with van der Waals surface area (Å²) in [7, 11) is 0. The maximum Gasteiger partial charge on any atom is 0.343 e. The van der Waals surface area contributed by atoms with Crippen molar-refractivity contribution in [1.29, 1.82) is 0 Å². The minimum Gasteiger partial charge on any atom is -0.454 e. The van der Waals surface area contributed by atoms with Gasteiger partial charge < -0.3 is 13.9 Å². The Labute approximate surface area is 95.6 Å². The van der Waals surface area contributed by atoms with Crippen LogP contribution in [0.3, 0.4) is 0 Å². The van der Waals surface area contributed by atoms with Crippen molar-refractivity contribution in [2.45, 2.75) is 6.92 Å². The van der Waals surface area contributed by atoms with Crippen LogP contribution in [0.25, 0.3) is 10.8 Å². The summed E-state index contributed by atoms with van der Waals surface area (Å²) in [5.41, 5.74) is -0.138. The normalized spacial score (nSPS) is 13.0. The molecule has 1 aliphatic heterocycles. The van der Waals surface area contributed by atoms with Gasteiger partial charge in [0.25, 0.3) is 0 Å². The lowest BCUT2D eigenvalue weighted by atomic mass is 10.1. The zero-order chi connectivity index (χ0) is 12.0. The molecule has 1 aromatic heterocycles. The Kier molecular flexibility index (Phi) is 1.95. The fraction of sp³-hybridized carbons (Fsp3) is 0.167. The molecule has 3 rings (SSSR count). The average Bonchev–Trinajstić information content (AvgIpc) is 2.74. The fourth-order valence-corrected chi connectivity index (χ4v) is 1.85. The van der Waals surface area contributed by atoms with Gasteiger partial charge in [-0.25, -0.2) is 4.79 Å². The van der Waals surface area contributed by atoms with E-state index in [2.05, 4.69) is 0 Å². The number of rotatable bonds is 1. The Morgan fingerprint density at radius 1 is 1.18 bits per heavy atom. The Bertz CT molecular complexity index is 683. The van der Waals surface area contributed by atoms with Crippen LogP contribution in [0.5, 0.6) is 11.5 Å². The molecule has 2 aromatic rings. The molecular formula is C12H8O5. The summed E-state index contributed by atoms with van der Waals surface area (Å²) in [4.78, 5) is 23.0. The zero-order valence-corrected chi connectivity index (χ0v) is 8.98. The number of hydrogen-bond donors (Lipinski definition) is 0. The van der Waals surface area contributed by atoms with Gasteiger partial charge in [0.1, 0.15) is 6.26 Å². The molecule has 5 heteroatoms. The monoisotopic (exact) mass is 232 g/mol. The number of carbonyl (C=O) groups is 1. The van der Waals surface area contributed by atoms with Crippen molar-refractivity contribution < 1.29 is 18.7 Å². The molecule has 0 N–H and O–H groups in total. The molecule has 1 aliphatic rings. The first-order valence-corrected chi connectivity index (χ1v) is 5.03. The largest absolute Gasteiger partial charge is 0.454 e. The molecule has 0 amide bonds. The van der Waals surface area contributed by atoms with Crippen LogP contribution in [0.15, 0.2) is 27.6 Å². The first kappa shape index (κ1) is 9.89. The highest BCUT2D eigenvalue weighted by molar-refractivity contribution is 6.06. The van der Waals surface area contributed by atoms with Gasteiger partial charge in [-0.2, -0.15) is 0 Å². The Morgan fingerprint density at radius 3 is 2.47 bits per heavy atom. The van der Waals surface area contributed by atoms with Crippen LogP contribution in [0.2, 0.25) is 0 Å². The molecule has 86 valence electrons. The molecular weight excluding hydrogens is 224 g/mol. The standard InChI is InChI=1S/C12H8O5/c1-6(13)9-4-15-12(14)8-3-11-10(2-7(8)9)16-5-17-11/h2-4H,5H2,1H3. The maximum absolute atomic E-state index is 11.6. The minimum atomic E-state index is -0.497. The summed E-state index contributed by atoms with van der Waals surface area (Å²) in [6, 6.07) is 3.17. The van der Waals surface area contributed by atoms with Gasteiger partial charge in [0.15, 0.2) is 17.3 Å². The molecule has 0 saturated heterocycles. The van der Waals surface area contributed by atoms with Crippen molar-refractivity contribution in [2.24, 2.45) is 0 Å². The minimum absolute atomic E-state index is 0.117. The molecule has 0 aliphatic carbocycles. The van der Waals surface area contributed by atoms with Crippen LogP contribution < -0.4 is 15.1 Å². The SMILES string of the molecule is CC(=O)c1coc(=O)c2cc3c(cc12)OCO3. The molecule has 0 saturated carbocycles. The molecule has 0 radical (unpaired) electrons. The second-order valence-electron chi connectivity index (χ2n) is 3.74. The van der Waals surface area contributed by atoms with Crippen molar-refractivity contribution in [3.05, 3.63) is 34.4 Å². The molecule has 0 atom stereocenters. The third-order valence-electron chi connectivity index (χ3n) is 2.69. The fourth-order valence-electron chi connectivity index (χ4n) is 1.85. The molecule has 1 aromatic carbocycles. The lowest BCUT2D eigenvalue weighted by Gasteiger charge is -2.03. The van der Waals surface area contributed by atoms with Crippen LogP contribution >= 0.6 is 0 Å². The smallest absolute Gasteiger partial charge is 0.343 e. The van der Waals surface area contributed by atoms with Gasteiger partial charge in [-0.15, -0.1) is 0 Å². The van der Waals surface area contributed by atoms with E-state index in [9.17, 15) is 9.59 Å². The predicted octanol–water partition coefficient (Wildman–Crippen LogP) is 1.72. The quantitative estimate of drug-likeness (QED) is 0.700. The van der Waals surface area contributed by atoms with E-state index in [-0.39, 0.29) is 12.6 Å². The number of carbonyl (C=O) groups excluding carboxylic acids is 1. The van der Waals surface area contributed by atoms with E-state index in [1.807, 2.05) is 0 Å². The molecule has 2 heterocycles. The van der Waals surface area contributed by atoms with Crippen molar-refractivity contribution in [3.63, 3.8) is 0 Å². The van der Waals surface area contributed by atoms with Gasteiger partial charge in [-0.3, -0.25) is 4.79 Å². The first-order valence-electron chi connectivity index (χ1n) is 5.03. The lowest BCUT2D eigenvalue weighted by Crippen LogP contribution is -2.03. The number of ketones is 1. The first-order chi connectivity index (χ1) is 8.16. The highest BCUT2D eigenvalue weighted by Gasteiger charge is 2.18. The van der Waals surface area contributed by atoms with Crippen molar-refractivity contribution in [1.82, 2.24) is 0 Å². The zero-order valence-electron chi connectivity index (χ0n) is 8.98. The predicted molar refractivity (Wildman–Crippen MR) is 58.6 cm³/mol. The summed E-state index contributed by atoms with van der Waals surface area (Å²) in [6.45, 7) is 1.53. The van der Waals surface area contributed by atoms with Crippen LogP contribution in [-0.2, 0) is 0 Å². The average molecular weight is 232 g/mol. The van der Waals surface area contributed by atoms with Gasteiger partial charge in [0.2, 0.25) is 6.79 Å². The molecule has 0 fully saturated rings. The third kappa shape index (κ3) is 1.39. The Balaban J connectivity index is 2.44. The third-order valence-corrected chi connectivity index (χ3v) is 2.69. The van der Waals surface area contributed by atoms with Gasteiger partial charge in [0.05, 0.1) is 10.9 Å². The molecule has 0 spiro atoms.